The quantitative estimate of drug-likeness (QED) is 0.302. The van der Waals surface area contributed by atoms with Crippen molar-refractivity contribution in [3.05, 3.63) is 11.1 Å². The van der Waals surface area contributed by atoms with Crippen LogP contribution < -0.4 is 0 Å². The molecule has 4 unspecified atom stereocenters. The molecule has 4 atom stereocenters. The van der Waals surface area contributed by atoms with E-state index in [9.17, 15) is 19.2 Å². The highest BCUT2D eigenvalue weighted by Crippen LogP contribution is 2.44. The number of methoxy groups -OCH3 is 2. The van der Waals surface area contributed by atoms with Crippen LogP contribution in [-0.2, 0) is 33.4 Å². The summed E-state index contributed by atoms with van der Waals surface area (Å²) in [6.45, 7) is 0. The number of esters is 4. The van der Waals surface area contributed by atoms with Crippen molar-refractivity contribution in [2.45, 2.75) is 24.9 Å². The topological polar surface area (TPSA) is 121 Å². The smallest absolute Gasteiger partial charge is 0.336 e. The molecule has 1 fully saturated rings. The van der Waals surface area contributed by atoms with Crippen molar-refractivity contribution in [3.8, 4) is 0 Å². The van der Waals surface area contributed by atoms with Crippen LogP contribution in [0.15, 0.2) is 21.4 Å². The van der Waals surface area contributed by atoms with Crippen molar-refractivity contribution in [1.82, 2.24) is 0 Å². The molecular weight excluding hydrogens is 308 g/mol. The van der Waals surface area contributed by atoms with E-state index < -0.39 is 47.8 Å². The zero-order valence-corrected chi connectivity index (χ0v) is 12.5. The van der Waals surface area contributed by atoms with Gasteiger partial charge in [0.05, 0.1) is 26.1 Å². The van der Waals surface area contributed by atoms with Crippen molar-refractivity contribution in [1.29, 1.82) is 0 Å². The van der Waals surface area contributed by atoms with Gasteiger partial charge in [-0.1, -0.05) is 0 Å². The molecule has 2 aliphatic heterocycles. The second-order valence-electron chi connectivity index (χ2n) is 5.49. The summed E-state index contributed by atoms with van der Waals surface area (Å²) in [6, 6.07) is -2.03. The molecule has 3 aliphatic rings. The van der Waals surface area contributed by atoms with E-state index in [1.807, 2.05) is 0 Å². The molecular formula is C14H14N2O7. The molecule has 1 saturated heterocycles. The van der Waals surface area contributed by atoms with E-state index in [0.29, 0.717) is 11.1 Å². The number of hydrogen-bond donors (Lipinski definition) is 0. The summed E-state index contributed by atoms with van der Waals surface area (Å²) in [6.07, 6.45) is 0.216. The Balaban J connectivity index is 2.02. The Morgan fingerprint density at radius 1 is 0.913 bits per heavy atom. The molecule has 0 bridgehead atoms. The summed E-state index contributed by atoms with van der Waals surface area (Å²) in [5.41, 5.74) is 0.963. The van der Waals surface area contributed by atoms with Crippen LogP contribution >= 0.6 is 0 Å². The van der Waals surface area contributed by atoms with E-state index in [-0.39, 0.29) is 12.8 Å². The summed E-state index contributed by atoms with van der Waals surface area (Å²) in [4.78, 5) is 47.4. The van der Waals surface area contributed by atoms with Crippen LogP contribution in [-0.4, -0.2) is 50.2 Å². The summed E-state index contributed by atoms with van der Waals surface area (Å²) in [5.74, 6) is -3.85. The van der Waals surface area contributed by atoms with Gasteiger partial charge in [-0.3, -0.25) is 9.59 Å². The van der Waals surface area contributed by atoms with Crippen molar-refractivity contribution < 1.29 is 33.4 Å². The third-order valence-electron chi connectivity index (χ3n) is 4.39. The lowest BCUT2D eigenvalue weighted by atomic mass is 9.73. The van der Waals surface area contributed by atoms with Crippen LogP contribution in [0.3, 0.4) is 0 Å². The van der Waals surface area contributed by atoms with Crippen LogP contribution in [0, 0.1) is 11.8 Å². The van der Waals surface area contributed by atoms with Crippen molar-refractivity contribution >= 4 is 23.9 Å². The van der Waals surface area contributed by atoms with Crippen LogP contribution in [0.25, 0.3) is 0 Å². The Morgan fingerprint density at radius 2 is 1.30 bits per heavy atom. The number of carbonyl (C=O) groups is 4. The van der Waals surface area contributed by atoms with E-state index in [1.165, 1.54) is 14.2 Å². The van der Waals surface area contributed by atoms with Gasteiger partial charge < -0.3 is 14.2 Å². The fourth-order valence-corrected chi connectivity index (χ4v) is 3.22. The monoisotopic (exact) mass is 322 g/mol. The Hall–Kier alpha value is -2.58. The van der Waals surface area contributed by atoms with Crippen LogP contribution in [0.5, 0.6) is 0 Å². The lowest BCUT2D eigenvalue weighted by Gasteiger charge is -2.32. The second-order valence-corrected chi connectivity index (χ2v) is 5.49. The minimum Gasteiger partial charge on any atom is -0.467 e. The summed E-state index contributed by atoms with van der Waals surface area (Å²) in [5, 5.41) is 7.70. The van der Waals surface area contributed by atoms with Gasteiger partial charge in [-0.05, 0) is 24.0 Å². The summed E-state index contributed by atoms with van der Waals surface area (Å²) < 4.78 is 14.0. The number of fused-ring (bicyclic) bond motifs is 1. The minimum atomic E-state index is -1.01. The summed E-state index contributed by atoms with van der Waals surface area (Å²) in [7, 11) is 2.42. The Bertz CT molecular complexity index is 612. The molecule has 0 aromatic heterocycles. The van der Waals surface area contributed by atoms with Gasteiger partial charge in [-0.15, -0.1) is 0 Å². The molecule has 0 N–H and O–H groups in total. The van der Waals surface area contributed by atoms with Crippen molar-refractivity contribution in [2.75, 3.05) is 14.2 Å². The third-order valence-corrected chi connectivity index (χ3v) is 4.39. The first-order valence-electron chi connectivity index (χ1n) is 7.00. The highest BCUT2D eigenvalue weighted by molar-refractivity contribution is 5.98. The maximum Gasteiger partial charge on any atom is 0.336 e. The number of rotatable bonds is 2. The van der Waals surface area contributed by atoms with E-state index in [4.69, 9.17) is 9.47 Å². The highest BCUT2D eigenvalue weighted by Gasteiger charge is 2.52. The average Bonchev–Trinajstić information content (AvgIpc) is 2.84. The number of hydrogen-bond acceptors (Lipinski definition) is 9. The Kier molecular flexibility index (Phi) is 3.70. The number of azo groups is 1. The molecule has 9 heteroatoms. The van der Waals surface area contributed by atoms with Crippen LogP contribution in [0.1, 0.15) is 12.8 Å². The molecule has 0 amide bonds. The lowest BCUT2D eigenvalue weighted by Crippen LogP contribution is -2.39. The van der Waals surface area contributed by atoms with Gasteiger partial charge in [-0.2, -0.15) is 10.2 Å². The maximum atomic E-state index is 11.9. The molecule has 9 nitrogen and oxygen atoms in total. The molecule has 23 heavy (non-hydrogen) atoms. The molecule has 0 spiro atoms. The molecule has 2 heterocycles. The first-order chi connectivity index (χ1) is 11.0. The SMILES string of the molecule is COC(=O)C1N=NC(C(=O)OC)C2=C1CC1C(=O)OC(=O)C1C2. The van der Waals surface area contributed by atoms with Gasteiger partial charge in [0, 0.05) is 0 Å². The van der Waals surface area contributed by atoms with E-state index in [2.05, 4.69) is 15.0 Å². The summed E-state index contributed by atoms with van der Waals surface area (Å²) >= 11 is 0. The Morgan fingerprint density at radius 3 is 1.65 bits per heavy atom. The first kappa shape index (κ1) is 15.3. The van der Waals surface area contributed by atoms with Gasteiger partial charge >= 0.3 is 23.9 Å². The number of nitrogens with zero attached hydrogens (tertiary/aromatic N) is 2. The van der Waals surface area contributed by atoms with Crippen molar-refractivity contribution in [2.24, 2.45) is 22.1 Å². The van der Waals surface area contributed by atoms with E-state index >= 15 is 0 Å². The fourth-order valence-electron chi connectivity index (χ4n) is 3.22. The van der Waals surface area contributed by atoms with Gasteiger partial charge in [0.15, 0.2) is 12.1 Å². The average molecular weight is 322 g/mol. The van der Waals surface area contributed by atoms with Gasteiger partial charge in [0.2, 0.25) is 0 Å². The van der Waals surface area contributed by atoms with Crippen LogP contribution in [0.4, 0.5) is 0 Å². The molecule has 0 aromatic rings. The minimum absolute atomic E-state index is 0.108. The van der Waals surface area contributed by atoms with E-state index in [0.717, 1.165) is 0 Å². The Labute approximate surface area is 130 Å². The predicted molar refractivity (Wildman–Crippen MR) is 70.8 cm³/mol. The second kappa shape index (κ2) is 5.56. The maximum absolute atomic E-state index is 11.9. The van der Waals surface area contributed by atoms with E-state index in [1.54, 1.807) is 0 Å². The van der Waals surface area contributed by atoms with Gasteiger partial charge in [0.1, 0.15) is 0 Å². The normalized spacial score (nSPS) is 32.1. The lowest BCUT2D eigenvalue weighted by molar-refractivity contribution is -0.154. The molecule has 122 valence electrons. The fraction of sp³-hybridized carbons (Fsp3) is 0.571. The largest absolute Gasteiger partial charge is 0.467 e. The zero-order chi connectivity index (χ0) is 16.7. The van der Waals surface area contributed by atoms with Crippen molar-refractivity contribution in [3.63, 3.8) is 0 Å². The number of cyclic esters (lactones) is 2. The molecule has 0 saturated carbocycles. The molecule has 0 aromatic carbocycles. The van der Waals surface area contributed by atoms with Gasteiger partial charge in [0.25, 0.3) is 0 Å². The zero-order valence-electron chi connectivity index (χ0n) is 12.5. The van der Waals surface area contributed by atoms with Crippen LogP contribution in [0.2, 0.25) is 0 Å². The highest BCUT2D eigenvalue weighted by atomic mass is 16.6. The number of ether oxygens (including phenoxy) is 3. The standard InChI is InChI=1S/C14H14N2O7/c1-21-13(19)9-5-3-7-8(12(18)23-11(7)17)4-6(5)10(16-15-9)14(20)22-2/h7-10H,3-4H2,1-2H3. The first-order valence-corrected chi connectivity index (χ1v) is 7.00. The predicted octanol–water partition coefficient (Wildman–Crippen LogP) is -0.0584. The third kappa shape index (κ3) is 2.32. The molecule has 1 aliphatic carbocycles. The molecule has 0 radical (unpaired) electrons. The van der Waals surface area contributed by atoms with Gasteiger partial charge in [-0.25, -0.2) is 9.59 Å². The number of carbonyl (C=O) groups excluding carboxylic acids is 4. The molecule has 3 rings (SSSR count).